The van der Waals surface area contributed by atoms with Gasteiger partial charge in [-0.05, 0) is 12.1 Å². The lowest BCUT2D eigenvalue weighted by atomic mass is 10.3. The number of hydrogen-bond acceptors (Lipinski definition) is 4. The standard InChI is InChI=1S/C11H9Cl2N5/c1-2-9-16-17-11-10(14)15-7-3-5(12)6(13)4-8(7)18(9)11/h3-4H,2H2,1H3,(H2,14,15). The Hall–Kier alpha value is -1.59. The smallest absolute Gasteiger partial charge is 0.203 e. The lowest BCUT2D eigenvalue weighted by Gasteiger charge is -2.06. The molecule has 92 valence electrons. The maximum Gasteiger partial charge on any atom is 0.203 e. The number of anilines is 1. The van der Waals surface area contributed by atoms with Crippen molar-refractivity contribution in [3.63, 3.8) is 0 Å². The number of aromatic nitrogens is 4. The minimum Gasteiger partial charge on any atom is -0.381 e. The third-order valence-corrected chi connectivity index (χ3v) is 3.50. The highest BCUT2D eigenvalue weighted by Crippen LogP contribution is 2.29. The summed E-state index contributed by atoms with van der Waals surface area (Å²) < 4.78 is 1.86. The van der Waals surface area contributed by atoms with Gasteiger partial charge in [0.15, 0.2) is 5.82 Å². The van der Waals surface area contributed by atoms with Gasteiger partial charge in [-0.15, -0.1) is 10.2 Å². The van der Waals surface area contributed by atoms with Crippen LogP contribution in [0.4, 0.5) is 5.82 Å². The fraction of sp³-hybridized carbons (Fsp3) is 0.182. The van der Waals surface area contributed by atoms with Crippen molar-refractivity contribution in [2.45, 2.75) is 13.3 Å². The number of nitrogens with zero attached hydrogens (tertiary/aromatic N) is 4. The molecular weight excluding hydrogens is 273 g/mol. The van der Waals surface area contributed by atoms with E-state index < -0.39 is 0 Å². The Morgan fingerprint density at radius 3 is 2.67 bits per heavy atom. The van der Waals surface area contributed by atoms with Crippen molar-refractivity contribution in [1.29, 1.82) is 0 Å². The van der Waals surface area contributed by atoms with Gasteiger partial charge in [0.1, 0.15) is 5.82 Å². The van der Waals surface area contributed by atoms with Crippen LogP contribution in [0.5, 0.6) is 0 Å². The predicted molar refractivity (Wildman–Crippen MR) is 72.1 cm³/mol. The van der Waals surface area contributed by atoms with Crippen LogP contribution < -0.4 is 5.73 Å². The van der Waals surface area contributed by atoms with Crippen molar-refractivity contribution in [2.75, 3.05) is 5.73 Å². The summed E-state index contributed by atoms with van der Waals surface area (Å²) in [5, 5.41) is 9.05. The third kappa shape index (κ3) is 1.51. The number of nitrogen functional groups attached to an aromatic ring is 1. The maximum absolute atomic E-state index is 6.05. The lowest BCUT2D eigenvalue weighted by molar-refractivity contribution is 0.922. The lowest BCUT2D eigenvalue weighted by Crippen LogP contribution is -2.01. The largest absolute Gasteiger partial charge is 0.381 e. The fourth-order valence-corrected chi connectivity index (χ4v) is 2.25. The first-order valence-electron chi connectivity index (χ1n) is 5.40. The topological polar surface area (TPSA) is 69.1 Å². The van der Waals surface area contributed by atoms with Crippen molar-refractivity contribution in [1.82, 2.24) is 19.6 Å². The second-order valence-corrected chi connectivity index (χ2v) is 4.70. The van der Waals surface area contributed by atoms with Gasteiger partial charge in [-0.25, -0.2) is 4.98 Å². The van der Waals surface area contributed by atoms with Crippen molar-refractivity contribution in [3.05, 3.63) is 28.0 Å². The highest BCUT2D eigenvalue weighted by Gasteiger charge is 2.13. The van der Waals surface area contributed by atoms with E-state index in [0.29, 0.717) is 27.0 Å². The van der Waals surface area contributed by atoms with Gasteiger partial charge in [0.05, 0.1) is 21.1 Å². The van der Waals surface area contributed by atoms with Crippen LogP contribution in [0.1, 0.15) is 12.7 Å². The van der Waals surface area contributed by atoms with E-state index in [1.807, 2.05) is 11.3 Å². The van der Waals surface area contributed by atoms with Crippen molar-refractivity contribution >= 4 is 45.7 Å². The van der Waals surface area contributed by atoms with Gasteiger partial charge in [0.2, 0.25) is 5.65 Å². The normalized spacial score (nSPS) is 11.5. The molecule has 2 aromatic heterocycles. The van der Waals surface area contributed by atoms with Crippen LogP contribution in [0.2, 0.25) is 10.0 Å². The Bertz CT molecular complexity index is 765. The SMILES string of the molecule is CCc1nnc2c(N)nc3cc(Cl)c(Cl)cc3n12. The van der Waals surface area contributed by atoms with E-state index >= 15 is 0 Å². The van der Waals surface area contributed by atoms with Crippen LogP contribution in [-0.2, 0) is 6.42 Å². The van der Waals surface area contributed by atoms with Crippen LogP contribution in [0.25, 0.3) is 16.7 Å². The molecule has 7 heteroatoms. The molecular formula is C11H9Cl2N5. The average molecular weight is 282 g/mol. The number of benzene rings is 1. The Labute approximate surface area is 113 Å². The van der Waals surface area contributed by atoms with E-state index in [2.05, 4.69) is 15.2 Å². The van der Waals surface area contributed by atoms with Crippen molar-refractivity contribution in [3.8, 4) is 0 Å². The molecule has 0 unspecified atom stereocenters. The number of fused-ring (bicyclic) bond motifs is 3. The monoisotopic (exact) mass is 281 g/mol. The molecule has 3 aromatic rings. The molecule has 0 radical (unpaired) electrons. The fourth-order valence-electron chi connectivity index (χ4n) is 1.94. The van der Waals surface area contributed by atoms with Gasteiger partial charge >= 0.3 is 0 Å². The summed E-state index contributed by atoms with van der Waals surface area (Å²) in [5.41, 5.74) is 7.88. The second kappa shape index (κ2) is 3.96. The minimum atomic E-state index is 0.327. The summed E-state index contributed by atoms with van der Waals surface area (Å²) >= 11 is 12.0. The first-order chi connectivity index (χ1) is 8.61. The summed E-state index contributed by atoms with van der Waals surface area (Å²) in [6.45, 7) is 2.00. The first kappa shape index (κ1) is 11.5. The summed E-state index contributed by atoms with van der Waals surface area (Å²) in [6, 6.07) is 3.44. The van der Waals surface area contributed by atoms with Gasteiger partial charge in [0.25, 0.3) is 0 Å². The second-order valence-electron chi connectivity index (χ2n) is 3.88. The Kier molecular flexibility index (Phi) is 2.53. The third-order valence-electron chi connectivity index (χ3n) is 2.77. The molecule has 0 spiro atoms. The molecule has 1 aromatic carbocycles. The molecule has 0 aliphatic heterocycles. The molecule has 2 heterocycles. The van der Waals surface area contributed by atoms with Gasteiger partial charge in [-0.1, -0.05) is 30.1 Å². The molecule has 0 saturated heterocycles. The minimum absolute atomic E-state index is 0.327. The Morgan fingerprint density at radius 2 is 1.94 bits per heavy atom. The summed E-state index contributed by atoms with van der Waals surface area (Å²) in [7, 11) is 0. The zero-order valence-electron chi connectivity index (χ0n) is 9.48. The number of halogens is 2. The van der Waals surface area contributed by atoms with Crippen LogP contribution in [0.3, 0.4) is 0 Å². The first-order valence-corrected chi connectivity index (χ1v) is 6.15. The van der Waals surface area contributed by atoms with Gasteiger partial charge in [-0.2, -0.15) is 0 Å². The highest BCUT2D eigenvalue weighted by molar-refractivity contribution is 6.42. The zero-order chi connectivity index (χ0) is 12.9. The average Bonchev–Trinajstić information content (AvgIpc) is 2.76. The van der Waals surface area contributed by atoms with Crippen molar-refractivity contribution in [2.24, 2.45) is 0 Å². The molecule has 0 atom stereocenters. The van der Waals surface area contributed by atoms with E-state index in [1.165, 1.54) is 0 Å². The van der Waals surface area contributed by atoms with Gasteiger partial charge < -0.3 is 5.73 Å². The molecule has 0 bridgehead atoms. The maximum atomic E-state index is 6.05. The molecule has 0 aliphatic rings. The molecule has 0 amide bonds. The Balaban J connectivity index is 2.57. The highest BCUT2D eigenvalue weighted by atomic mass is 35.5. The summed E-state index contributed by atoms with van der Waals surface area (Å²) in [4.78, 5) is 4.26. The van der Waals surface area contributed by atoms with E-state index in [0.717, 1.165) is 17.8 Å². The molecule has 2 N–H and O–H groups in total. The molecule has 5 nitrogen and oxygen atoms in total. The number of nitrogens with two attached hydrogens (primary N) is 1. The van der Waals surface area contributed by atoms with Crippen LogP contribution >= 0.6 is 23.2 Å². The molecule has 0 aliphatic carbocycles. The van der Waals surface area contributed by atoms with E-state index in [1.54, 1.807) is 12.1 Å². The van der Waals surface area contributed by atoms with Crippen LogP contribution in [-0.4, -0.2) is 19.6 Å². The quantitative estimate of drug-likeness (QED) is 0.745. The number of rotatable bonds is 1. The number of aryl methyl sites for hydroxylation is 1. The van der Waals surface area contributed by atoms with Crippen LogP contribution in [0.15, 0.2) is 12.1 Å². The predicted octanol–water partition coefficient (Wildman–Crippen LogP) is 2.73. The van der Waals surface area contributed by atoms with Gasteiger partial charge in [-0.3, -0.25) is 4.40 Å². The van der Waals surface area contributed by atoms with E-state index in [4.69, 9.17) is 28.9 Å². The van der Waals surface area contributed by atoms with Crippen LogP contribution in [0, 0.1) is 0 Å². The van der Waals surface area contributed by atoms with Crippen molar-refractivity contribution < 1.29 is 0 Å². The van der Waals surface area contributed by atoms with E-state index in [9.17, 15) is 0 Å². The van der Waals surface area contributed by atoms with Gasteiger partial charge in [0, 0.05) is 6.42 Å². The molecule has 0 saturated carbocycles. The molecule has 3 rings (SSSR count). The summed E-state index contributed by atoms with van der Waals surface area (Å²) in [6.07, 6.45) is 0.736. The zero-order valence-corrected chi connectivity index (χ0v) is 11.0. The molecule has 18 heavy (non-hydrogen) atoms. The molecule has 0 fully saturated rings. The van der Waals surface area contributed by atoms with E-state index in [-0.39, 0.29) is 0 Å². The summed E-state index contributed by atoms with van der Waals surface area (Å²) in [5.74, 6) is 1.13. The Morgan fingerprint density at radius 1 is 1.22 bits per heavy atom. The number of hydrogen-bond donors (Lipinski definition) is 1.